The molecule has 13 heavy (non-hydrogen) atoms. The van der Waals surface area contributed by atoms with Crippen molar-refractivity contribution in [2.24, 2.45) is 0 Å². The largest absolute Gasteiger partial charge is 0.397 e. The van der Waals surface area contributed by atoms with E-state index in [9.17, 15) is 0 Å². The highest BCUT2D eigenvalue weighted by Gasteiger charge is 2.20. The van der Waals surface area contributed by atoms with Crippen LogP contribution in [0.5, 0.6) is 0 Å². The van der Waals surface area contributed by atoms with Crippen LogP contribution >= 0.6 is 0 Å². The SMILES string of the molecule is CCc1cc(C2CCC2)ncc1N. The summed E-state index contributed by atoms with van der Waals surface area (Å²) in [6, 6.07) is 2.18. The van der Waals surface area contributed by atoms with Crippen LogP contribution in [0.1, 0.15) is 43.4 Å². The topological polar surface area (TPSA) is 38.9 Å². The van der Waals surface area contributed by atoms with Crippen LogP contribution in [0.4, 0.5) is 5.69 Å². The van der Waals surface area contributed by atoms with Crippen LogP contribution in [0.3, 0.4) is 0 Å². The molecule has 1 fully saturated rings. The molecule has 0 aliphatic heterocycles. The first-order valence-corrected chi connectivity index (χ1v) is 5.05. The number of aromatic nitrogens is 1. The fourth-order valence-corrected chi connectivity index (χ4v) is 1.76. The lowest BCUT2D eigenvalue weighted by atomic mass is 9.82. The molecular formula is C11H16N2. The average molecular weight is 176 g/mol. The molecule has 2 rings (SSSR count). The molecule has 0 atom stereocenters. The minimum absolute atomic E-state index is 0.714. The molecule has 0 unspecified atom stereocenters. The van der Waals surface area contributed by atoms with Crippen molar-refractivity contribution in [2.75, 3.05) is 5.73 Å². The second-order valence-corrected chi connectivity index (χ2v) is 3.79. The Kier molecular flexibility index (Phi) is 2.21. The van der Waals surface area contributed by atoms with E-state index in [0.29, 0.717) is 5.92 Å². The molecule has 0 aromatic carbocycles. The highest BCUT2D eigenvalue weighted by atomic mass is 14.7. The molecule has 2 nitrogen and oxygen atoms in total. The Balaban J connectivity index is 2.26. The van der Waals surface area contributed by atoms with Crippen molar-refractivity contribution >= 4 is 5.69 Å². The van der Waals surface area contributed by atoms with E-state index in [-0.39, 0.29) is 0 Å². The lowest BCUT2D eigenvalue weighted by Gasteiger charge is -2.25. The first kappa shape index (κ1) is 8.54. The van der Waals surface area contributed by atoms with Gasteiger partial charge in [0.2, 0.25) is 0 Å². The molecule has 0 amide bonds. The predicted molar refractivity (Wildman–Crippen MR) is 54.6 cm³/mol. The number of anilines is 1. The van der Waals surface area contributed by atoms with E-state index in [1.54, 1.807) is 0 Å². The average Bonchev–Trinajstić information content (AvgIpc) is 2.05. The van der Waals surface area contributed by atoms with Crippen molar-refractivity contribution in [1.29, 1.82) is 0 Å². The van der Waals surface area contributed by atoms with E-state index >= 15 is 0 Å². The molecule has 0 saturated heterocycles. The predicted octanol–water partition coefficient (Wildman–Crippen LogP) is 2.49. The van der Waals surface area contributed by atoms with E-state index in [1.807, 2.05) is 6.20 Å². The molecule has 1 aromatic heterocycles. The molecule has 1 aromatic rings. The zero-order valence-electron chi connectivity index (χ0n) is 8.09. The Bertz CT molecular complexity index is 303. The standard InChI is InChI=1S/C11H16N2/c1-2-8-6-11(9-4-3-5-9)13-7-10(8)12/h6-7,9H,2-5,12H2,1H3. The number of nitrogens with two attached hydrogens (primary N) is 1. The van der Waals surface area contributed by atoms with E-state index in [0.717, 1.165) is 12.1 Å². The summed E-state index contributed by atoms with van der Waals surface area (Å²) in [5, 5.41) is 0. The van der Waals surface area contributed by atoms with Crippen molar-refractivity contribution in [1.82, 2.24) is 4.98 Å². The highest BCUT2D eigenvalue weighted by molar-refractivity contribution is 5.45. The van der Waals surface area contributed by atoms with E-state index in [4.69, 9.17) is 5.73 Å². The Hall–Kier alpha value is -1.05. The molecule has 1 aliphatic carbocycles. The molecule has 1 heterocycles. The zero-order chi connectivity index (χ0) is 9.26. The Morgan fingerprint density at radius 2 is 2.31 bits per heavy atom. The molecule has 70 valence electrons. The molecule has 0 spiro atoms. The van der Waals surface area contributed by atoms with E-state index in [2.05, 4.69) is 18.0 Å². The number of nitrogens with zero attached hydrogens (tertiary/aromatic N) is 1. The summed E-state index contributed by atoms with van der Waals surface area (Å²) < 4.78 is 0. The van der Waals surface area contributed by atoms with Crippen molar-refractivity contribution in [3.63, 3.8) is 0 Å². The number of nitrogen functional groups attached to an aromatic ring is 1. The minimum Gasteiger partial charge on any atom is -0.397 e. The van der Waals surface area contributed by atoms with Gasteiger partial charge in [0.05, 0.1) is 11.9 Å². The smallest absolute Gasteiger partial charge is 0.0533 e. The van der Waals surface area contributed by atoms with E-state index < -0.39 is 0 Å². The van der Waals surface area contributed by atoms with Crippen LogP contribution in [0.2, 0.25) is 0 Å². The second kappa shape index (κ2) is 3.36. The Morgan fingerprint density at radius 1 is 1.54 bits per heavy atom. The summed E-state index contributed by atoms with van der Waals surface area (Å²) in [6.45, 7) is 2.14. The van der Waals surface area contributed by atoms with E-state index in [1.165, 1.54) is 30.5 Å². The second-order valence-electron chi connectivity index (χ2n) is 3.79. The molecule has 1 aliphatic rings. The van der Waals surface area contributed by atoms with Gasteiger partial charge in [-0.05, 0) is 30.9 Å². The van der Waals surface area contributed by atoms with Crippen LogP contribution in [-0.4, -0.2) is 4.98 Å². The van der Waals surface area contributed by atoms with Crippen LogP contribution in [0, 0.1) is 0 Å². The van der Waals surface area contributed by atoms with Crippen molar-refractivity contribution < 1.29 is 0 Å². The van der Waals surface area contributed by atoms with Crippen LogP contribution < -0.4 is 5.73 Å². The fraction of sp³-hybridized carbons (Fsp3) is 0.545. The van der Waals surface area contributed by atoms with Crippen LogP contribution in [0.25, 0.3) is 0 Å². The first-order valence-electron chi connectivity index (χ1n) is 5.05. The Morgan fingerprint density at radius 3 is 2.85 bits per heavy atom. The summed E-state index contributed by atoms with van der Waals surface area (Å²) >= 11 is 0. The van der Waals surface area contributed by atoms with Gasteiger partial charge in [0.1, 0.15) is 0 Å². The molecular weight excluding hydrogens is 160 g/mol. The van der Waals surface area contributed by atoms with Gasteiger partial charge in [-0.2, -0.15) is 0 Å². The number of rotatable bonds is 2. The zero-order valence-corrected chi connectivity index (χ0v) is 8.09. The summed E-state index contributed by atoms with van der Waals surface area (Å²) in [6.07, 6.45) is 6.79. The van der Waals surface area contributed by atoms with Crippen molar-refractivity contribution in [3.05, 3.63) is 23.5 Å². The molecule has 1 saturated carbocycles. The van der Waals surface area contributed by atoms with Crippen LogP contribution in [0.15, 0.2) is 12.3 Å². The van der Waals surface area contributed by atoms with Gasteiger partial charge < -0.3 is 5.73 Å². The summed E-state index contributed by atoms with van der Waals surface area (Å²) in [4.78, 5) is 4.38. The van der Waals surface area contributed by atoms with Gasteiger partial charge in [-0.15, -0.1) is 0 Å². The maximum atomic E-state index is 5.80. The number of pyridine rings is 1. The van der Waals surface area contributed by atoms with Crippen LogP contribution in [-0.2, 0) is 6.42 Å². The maximum absolute atomic E-state index is 5.80. The number of hydrogen-bond acceptors (Lipinski definition) is 2. The van der Waals surface area contributed by atoms with Gasteiger partial charge in [0, 0.05) is 11.6 Å². The lowest BCUT2D eigenvalue weighted by Crippen LogP contribution is -2.11. The van der Waals surface area contributed by atoms with Gasteiger partial charge >= 0.3 is 0 Å². The van der Waals surface area contributed by atoms with Gasteiger partial charge in [-0.3, -0.25) is 4.98 Å². The maximum Gasteiger partial charge on any atom is 0.0533 e. The van der Waals surface area contributed by atoms with Gasteiger partial charge in [-0.1, -0.05) is 13.3 Å². The normalized spacial score (nSPS) is 17.0. The lowest BCUT2D eigenvalue weighted by molar-refractivity contribution is 0.411. The third-order valence-corrected chi connectivity index (χ3v) is 2.95. The fourth-order valence-electron chi connectivity index (χ4n) is 1.76. The van der Waals surface area contributed by atoms with Crippen molar-refractivity contribution in [2.45, 2.75) is 38.5 Å². The summed E-state index contributed by atoms with van der Waals surface area (Å²) in [5.74, 6) is 0.714. The third kappa shape index (κ3) is 1.53. The summed E-state index contributed by atoms with van der Waals surface area (Å²) in [7, 11) is 0. The monoisotopic (exact) mass is 176 g/mol. The molecule has 2 heteroatoms. The van der Waals surface area contributed by atoms with Gasteiger partial charge in [0.15, 0.2) is 0 Å². The minimum atomic E-state index is 0.714. The third-order valence-electron chi connectivity index (χ3n) is 2.95. The number of hydrogen-bond donors (Lipinski definition) is 1. The summed E-state index contributed by atoms with van der Waals surface area (Å²) in [5.41, 5.74) is 9.13. The quantitative estimate of drug-likeness (QED) is 0.752. The number of aryl methyl sites for hydroxylation is 1. The van der Waals surface area contributed by atoms with Crippen molar-refractivity contribution in [3.8, 4) is 0 Å². The van der Waals surface area contributed by atoms with Gasteiger partial charge in [-0.25, -0.2) is 0 Å². The molecule has 0 radical (unpaired) electrons. The molecule has 0 bridgehead atoms. The Labute approximate surface area is 79.2 Å². The van der Waals surface area contributed by atoms with Gasteiger partial charge in [0.25, 0.3) is 0 Å². The first-order chi connectivity index (χ1) is 6.31. The molecule has 2 N–H and O–H groups in total. The highest BCUT2D eigenvalue weighted by Crippen LogP contribution is 2.35.